The lowest BCUT2D eigenvalue weighted by Gasteiger charge is -2.03. The first-order valence-corrected chi connectivity index (χ1v) is 9.19. The molecule has 0 fully saturated rings. The van der Waals surface area contributed by atoms with Crippen LogP contribution in [0, 0.1) is 6.07 Å². The maximum absolute atomic E-state index is 11.6. The van der Waals surface area contributed by atoms with Gasteiger partial charge in [-0.25, -0.2) is 4.79 Å². The molecule has 0 bridgehead atoms. The van der Waals surface area contributed by atoms with Crippen LogP contribution in [0.2, 0.25) is 0 Å². The Kier molecular flexibility index (Phi) is 9.17. The zero-order valence-electron chi connectivity index (χ0n) is 14.8. The third-order valence-corrected chi connectivity index (χ3v) is 4.09. The number of rotatable bonds is 11. The maximum Gasteiger partial charge on any atom is 0.330 e. The van der Waals surface area contributed by atoms with Gasteiger partial charge in [0.1, 0.15) is 0 Å². The topological polar surface area (TPSA) is 26.3 Å². The lowest BCUT2D eigenvalue weighted by atomic mass is 10.1. The van der Waals surface area contributed by atoms with Crippen molar-refractivity contribution < 1.29 is 9.53 Å². The Labute approximate surface area is 151 Å². The summed E-state index contributed by atoms with van der Waals surface area (Å²) in [6, 6.07) is 21.1. The molecule has 0 saturated carbocycles. The van der Waals surface area contributed by atoms with Crippen LogP contribution in [0.25, 0.3) is 6.08 Å². The Morgan fingerprint density at radius 1 is 0.920 bits per heavy atom. The first-order valence-electron chi connectivity index (χ1n) is 9.19. The van der Waals surface area contributed by atoms with Crippen LogP contribution >= 0.6 is 0 Å². The number of esters is 1. The molecule has 2 aromatic carbocycles. The first-order chi connectivity index (χ1) is 12.3. The van der Waals surface area contributed by atoms with E-state index >= 15 is 0 Å². The monoisotopic (exact) mass is 335 g/mol. The number of benzene rings is 2. The van der Waals surface area contributed by atoms with Crippen molar-refractivity contribution in [3.8, 4) is 0 Å². The van der Waals surface area contributed by atoms with Crippen molar-refractivity contribution >= 4 is 12.0 Å². The highest BCUT2D eigenvalue weighted by atomic mass is 16.5. The van der Waals surface area contributed by atoms with Crippen LogP contribution in [0.5, 0.6) is 0 Å². The third kappa shape index (κ3) is 8.90. The Morgan fingerprint density at radius 3 is 2.44 bits per heavy atom. The Hall–Kier alpha value is -2.35. The number of ether oxygens (including phenoxy) is 1. The summed E-state index contributed by atoms with van der Waals surface area (Å²) >= 11 is 0. The molecule has 0 saturated heterocycles. The number of unbranched alkanes of at least 4 members (excludes halogenated alkanes) is 5. The second-order valence-electron chi connectivity index (χ2n) is 6.19. The molecule has 2 nitrogen and oxygen atoms in total. The molecule has 0 amide bonds. The van der Waals surface area contributed by atoms with Crippen molar-refractivity contribution in [2.24, 2.45) is 0 Å². The van der Waals surface area contributed by atoms with E-state index in [1.165, 1.54) is 37.3 Å². The van der Waals surface area contributed by atoms with Crippen LogP contribution < -0.4 is 0 Å². The van der Waals surface area contributed by atoms with Gasteiger partial charge in [0.15, 0.2) is 0 Å². The minimum absolute atomic E-state index is 0.261. The van der Waals surface area contributed by atoms with E-state index in [0.717, 1.165) is 24.8 Å². The van der Waals surface area contributed by atoms with E-state index in [1.807, 2.05) is 42.5 Å². The minimum Gasteiger partial charge on any atom is -0.463 e. The van der Waals surface area contributed by atoms with Crippen molar-refractivity contribution in [3.63, 3.8) is 0 Å². The molecule has 0 aromatic heterocycles. The molecule has 0 spiro atoms. The minimum atomic E-state index is -0.261. The average molecular weight is 335 g/mol. The molecular formula is C23H27O2. The van der Waals surface area contributed by atoms with Gasteiger partial charge in [-0.15, -0.1) is 0 Å². The number of carbonyl (C=O) groups excluding carboxylic acids is 1. The van der Waals surface area contributed by atoms with Crippen molar-refractivity contribution in [1.29, 1.82) is 0 Å². The third-order valence-electron chi connectivity index (χ3n) is 4.09. The Morgan fingerprint density at radius 2 is 1.68 bits per heavy atom. The molecule has 2 rings (SSSR count). The molecule has 2 heteroatoms. The van der Waals surface area contributed by atoms with Crippen LogP contribution in [-0.4, -0.2) is 12.6 Å². The summed E-state index contributed by atoms with van der Waals surface area (Å²) in [5, 5.41) is 0. The largest absolute Gasteiger partial charge is 0.463 e. The maximum atomic E-state index is 11.6. The predicted octanol–water partition coefficient (Wildman–Crippen LogP) is 5.63. The fraction of sp³-hybridized carbons (Fsp3) is 0.348. The molecule has 2 aromatic rings. The summed E-state index contributed by atoms with van der Waals surface area (Å²) in [6.07, 6.45) is 11.4. The SMILES string of the molecule is O=C(C=Cc1ccccc1)OCCCCCCCCc1c[c]ccc1. The van der Waals surface area contributed by atoms with Crippen molar-refractivity contribution in [3.05, 3.63) is 77.9 Å². The fourth-order valence-electron chi connectivity index (χ4n) is 2.67. The van der Waals surface area contributed by atoms with E-state index in [4.69, 9.17) is 4.74 Å². The molecule has 0 N–H and O–H groups in total. The van der Waals surface area contributed by atoms with E-state index in [9.17, 15) is 4.79 Å². The quantitative estimate of drug-likeness (QED) is 0.302. The van der Waals surface area contributed by atoms with E-state index < -0.39 is 0 Å². The second kappa shape index (κ2) is 12.1. The van der Waals surface area contributed by atoms with E-state index in [-0.39, 0.29) is 5.97 Å². The predicted molar refractivity (Wildman–Crippen MR) is 103 cm³/mol. The van der Waals surface area contributed by atoms with Crippen LogP contribution in [0.1, 0.15) is 49.7 Å². The van der Waals surface area contributed by atoms with Crippen molar-refractivity contribution in [2.75, 3.05) is 6.61 Å². The molecule has 25 heavy (non-hydrogen) atoms. The van der Waals surface area contributed by atoms with E-state index in [1.54, 1.807) is 6.08 Å². The number of hydrogen-bond donors (Lipinski definition) is 0. The van der Waals surface area contributed by atoms with Gasteiger partial charge >= 0.3 is 5.97 Å². The van der Waals surface area contributed by atoms with Gasteiger partial charge in [0.2, 0.25) is 0 Å². The standard InChI is InChI=1S/C23H27O2/c24-23(19-18-22-16-10-6-11-17-22)25-20-12-4-2-1-3-7-13-21-14-8-5-9-15-21/h5-6,8,10-11,14-19H,1-4,7,12-13,20H2. The Balaban J connectivity index is 1.43. The smallest absolute Gasteiger partial charge is 0.330 e. The molecule has 0 aliphatic heterocycles. The summed E-state index contributed by atoms with van der Waals surface area (Å²) in [7, 11) is 0. The molecule has 0 heterocycles. The van der Waals surface area contributed by atoms with Gasteiger partial charge in [0.05, 0.1) is 6.61 Å². The van der Waals surface area contributed by atoms with Gasteiger partial charge < -0.3 is 4.74 Å². The molecular weight excluding hydrogens is 308 g/mol. The number of hydrogen-bond acceptors (Lipinski definition) is 2. The molecule has 131 valence electrons. The number of carbonyl (C=O) groups is 1. The lowest BCUT2D eigenvalue weighted by Crippen LogP contribution is -2.02. The highest BCUT2D eigenvalue weighted by Crippen LogP contribution is 2.10. The molecule has 0 aliphatic rings. The normalized spacial score (nSPS) is 10.9. The van der Waals surface area contributed by atoms with Gasteiger partial charge in [0.25, 0.3) is 0 Å². The van der Waals surface area contributed by atoms with Gasteiger partial charge in [-0.2, -0.15) is 0 Å². The van der Waals surface area contributed by atoms with Crippen LogP contribution in [0.3, 0.4) is 0 Å². The van der Waals surface area contributed by atoms with E-state index in [0.29, 0.717) is 6.61 Å². The summed E-state index contributed by atoms with van der Waals surface area (Å²) in [4.78, 5) is 11.6. The summed E-state index contributed by atoms with van der Waals surface area (Å²) < 4.78 is 5.22. The summed E-state index contributed by atoms with van der Waals surface area (Å²) in [5.74, 6) is -0.261. The van der Waals surface area contributed by atoms with Crippen LogP contribution in [-0.2, 0) is 16.0 Å². The summed E-state index contributed by atoms with van der Waals surface area (Å²) in [6.45, 7) is 0.512. The van der Waals surface area contributed by atoms with Crippen LogP contribution in [0.15, 0.2) is 60.7 Å². The summed E-state index contributed by atoms with van der Waals surface area (Å²) in [5.41, 5.74) is 2.38. The highest BCUT2D eigenvalue weighted by Gasteiger charge is 1.98. The lowest BCUT2D eigenvalue weighted by molar-refractivity contribution is -0.137. The van der Waals surface area contributed by atoms with Gasteiger partial charge in [-0.3, -0.25) is 0 Å². The molecule has 0 atom stereocenters. The molecule has 0 aliphatic carbocycles. The highest BCUT2D eigenvalue weighted by molar-refractivity contribution is 5.86. The average Bonchev–Trinajstić information content (AvgIpc) is 2.66. The molecule has 0 unspecified atom stereocenters. The van der Waals surface area contributed by atoms with Gasteiger partial charge in [-0.05, 0) is 42.5 Å². The molecule has 1 radical (unpaired) electrons. The Bertz CT molecular complexity index is 617. The van der Waals surface area contributed by atoms with E-state index in [2.05, 4.69) is 18.2 Å². The van der Waals surface area contributed by atoms with Crippen molar-refractivity contribution in [1.82, 2.24) is 0 Å². The zero-order valence-corrected chi connectivity index (χ0v) is 14.8. The second-order valence-corrected chi connectivity index (χ2v) is 6.19. The zero-order chi connectivity index (χ0) is 17.6. The number of aryl methyl sites for hydroxylation is 1. The fourth-order valence-corrected chi connectivity index (χ4v) is 2.67. The first kappa shape index (κ1) is 19.0. The van der Waals surface area contributed by atoms with Gasteiger partial charge in [-0.1, -0.05) is 80.3 Å². The van der Waals surface area contributed by atoms with Crippen molar-refractivity contribution in [2.45, 2.75) is 44.9 Å². The van der Waals surface area contributed by atoms with Crippen LogP contribution in [0.4, 0.5) is 0 Å². The van der Waals surface area contributed by atoms with Gasteiger partial charge in [0, 0.05) is 6.08 Å².